The second-order valence-electron chi connectivity index (χ2n) is 2.77. The van der Waals surface area contributed by atoms with Gasteiger partial charge < -0.3 is 0 Å². The molecule has 0 N–H and O–H groups in total. The molecule has 0 aromatic heterocycles. The molecule has 2 radical (unpaired) electrons. The van der Waals surface area contributed by atoms with Gasteiger partial charge in [-0.1, -0.05) is 52.4 Å². The molecule has 0 heteroatoms. The van der Waals surface area contributed by atoms with E-state index >= 15 is 0 Å². The third-order valence-electron chi connectivity index (χ3n) is 1.66. The Labute approximate surface area is 66.0 Å². The Kier molecular flexibility index (Phi) is 9.00. The van der Waals surface area contributed by atoms with Crippen LogP contribution in [-0.4, -0.2) is 0 Å². The molecule has 0 atom stereocenters. The van der Waals surface area contributed by atoms with Crippen LogP contribution in [0.4, 0.5) is 0 Å². The number of rotatable bonds is 7. The average molecular weight is 140 g/mol. The molecular weight excluding hydrogens is 120 g/mol. The highest BCUT2D eigenvalue weighted by molar-refractivity contribution is 4.66. The fourth-order valence-corrected chi connectivity index (χ4v) is 0.959. The first-order valence-electron chi connectivity index (χ1n) is 4.51. The third-order valence-corrected chi connectivity index (χ3v) is 1.66. The zero-order chi connectivity index (χ0) is 7.66. The minimum absolute atomic E-state index is 1.28. The van der Waals surface area contributed by atoms with Gasteiger partial charge in [0.2, 0.25) is 0 Å². The molecule has 0 saturated carbocycles. The number of unbranched alkanes of at least 4 members (excludes halogenated alkanes) is 7. The van der Waals surface area contributed by atoms with Crippen LogP contribution >= 0.6 is 0 Å². The summed E-state index contributed by atoms with van der Waals surface area (Å²) in [6.45, 7) is 4.37. The van der Waals surface area contributed by atoms with Crippen LogP contribution in [0.25, 0.3) is 0 Å². The second kappa shape index (κ2) is 9.00. The fourth-order valence-electron chi connectivity index (χ4n) is 0.959. The molecule has 0 fully saturated rings. The lowest BCUT2D eigenvalue weighted by atomic mass is 10.1. The SMILES string of the molecule is C[CH]CCC[CH]CCCC. The average Bonchev–Trinajstić information content (AvgIpc) is 1.97. The highest BCUT2D eigenvalue weighted by Gasteiger charge is 1.88. The van der Waals surface area contributed by atoms with Crippen LogP contribution in [0.5, 0.6) is 0 Å². The summed E-state index contributed by atoms with van der Waals surface area (Å²) in [6, 6.07) is 0. The van der Waals surface area contributed by atoms with Crippen LogP contribution in [0.3, 0.4) is 0 Å². The molecule has 0 heterocycles. The van der Waals surface area contributed by atoms with Gasteiger partial charge in [0.15, 0.2) is 0 Å². The highest BCUT2D eigenvalue weighted by Crippen LogP contribution is 2.05. The predicted octanol–water partition coefficient (Wildman–Crippen LogP) is 3.78. The Hall–Kier alpha value is 0. The lowest BCUT2D eigenvalue weighted by Crippen LogP contribution is -1.79. The zero-order valence-corrected chi connectivity index (χ0v) is 7.40. The summed E-state index contributed by atoms with van der Waals surface area (Å²) < 4.78 is 0. The molecule has 0 saturated heterocycles. The monoisotopic (exact) mass is 140 g/mol. The van der Waals surface area contributed by atoms with E-state index in [0.717, 1.165) is 0 Å². The van der Waals surface area contributed by atoms with Crippen LogP contribution in [-0.2, 0) is 0 Å². The van der Waals surface area contributed by atoms with E-state index in [0.29, 0.717) is 0 Å². The van der Waals surface area contributed by atoms with E-state index in [9.17, 15) is 0 Å². The van der Waals surface area contributed by atoms with Crippen molar-refractivity contribution >= 4 is 0 Å². The Morgan fingerprint density at radius 2 is 1.70 bits per heavy atom. The van der Waals surface area contributed by atoms with E-state index < -0.39 is 0 Å². The molecule has 0 aliphatic heterocycles. The summed E-state index contributed by atoms with van der Waals surface area (Å²) in [5.41, 5.74) is 0. The van der Waals surface area contributed by atoms with Crippen molar-refractivity contribution in [2.75, 3.05) is 0 Å². The molecule has 0 bridgehead atoms. The Morgan fingerprint density at radius 1 is 1.00 bits per heavy atom. The van der Waals surface area contributed by atoms with Gasteiger partial charge in [-0.25, -0.2) is 0 Å². The number of hydrogen-bond acceptors (Lipinski definition) is 0. The van der Waals surface area contributed by atoms with Gasteiger partial charge in [-0.05, 0) is 12.8 Å². The highest BCUT2D eigenvalue weighted by atomic mass is 13.9. The normalized spacial score (nSPS) is 10.2. The molecule has 0 unspecified atom stereocenters. The van der Waals surface area contributed by atoms with Gasteiger partial charge in [0.05, 0.1) is 0 Å². The molecule has 0 aromatic carbocycles. The first-order valence-corrected chi connectivity index (χ1v) is 4.51. The van der Waals surface area contributed by atoms with E-state index in [4.69, 9.17) is 0 Å². The standard InChI is InChI=1S/C10H20/c1-3-5-7-9-10-8-6-4-2/h3,10H,4-9H2,1-2H3. The molecule has 0 amide bonds. The first-order chi connectivity index (χ1) is 4.91. The smallest absolute Gasteiger partial charge is 0.0386 e. The molecule has 0 spiro atoms. The minimum atomic E-state index is 1.28. The number of hydrogen-bond donors (Lipinski definition) is 0. The van der Waals surface area contributed by atoms with Gasteiger partial charge in [-0.2, -0.15) is 0 Å². The molecule has 0 rings (SSSR count). The van der Waals surface area contributed by atoms with Crippen molar-refractivity contribution in [3.8, 4) is 0 Å². The minimum Gasteiger partial charge on any atom is -0.0654 e. The summed E-state index contributed by atoms with van der Waals surface area (Å²) in [4.78, 5) is 0. The molecular formula is C10H20. The van der Waals surface area contributed by atoms with Crippen molar-refractivity contribution in [3.05, 3.63) is 12.8 Å². The molecule has 10 heavy (non-hydrogen) atoms. The fraction of sp³-hybridized carbons (Fsp3) is 0.800. The summed E-state index contributed by atoms with van der Waals surface area (Å²) in [6.07, 6.45) is 12.6. The van der Waals surface area contributed by atoms with E-state index in [1.54, 1.807) is 0 Å². The van der Waals surface area contributed by atoms with Gasteiger partial charge in [0, 0.05) is 0 Å². The second-order valence-corrected chi connectivity index (χ2v) is 2.77. The zero-order valence-electron chi connectivity index (χ0n) is 7.40. The predicted molar refractivity (Wildman–Crippen MR) is 47.7 cm³/mol. The summed E-state index contributed by atoms with van der Waals surface area (Å²) in [5.74, 6) is 0. The summed E-state index contributed by atoms with van der Waals surface area (Å²) in [5, 5.41) is 0. The maximum atomic E-state index is 2.42. The summed E-state index contributed by atoms with van der Waals surface area (Å²) >= 11 is 0. The molecule has 0 nitrogen and oxygen atoms in total. The van der Waals surface area contributed by atoms with E-state index in [1.165, 1.54) is 38.5 Å². The van der Waals surface area contributed by atoms with Crippen LogP contribution in [0.2, 0.25) is 0 Å². The molecule has 60 valence electrons. The quantitative estimate of drug-likeness (QED) is 0.472. The van der Waals surface area contributed by atoms with Gasteiger partial charge in [0.25, 0.3) is 0 Å². The van der Waals surface area contributed by atoms with Crippen LogP contribution < -0.4 is 0 Å². The van der Waals surface area contributed by atoms with Crippen LogP contribution in [0.1, 0.15) is 52.4 Å². The van der Waals surface area contributed by atoms with Gasteiger partial charge in [-0.3, -0.25) is 0 Å². The van der Waals surface area contributed by atoms with Crippen molar-refractivity contribution in [2.24, 2.45) is 0 Å². The Morgan fingerprint density at radius 3 is 2.30 bits per heavy atom. The Bertz CT molecular complexity index is 40.0. The van der Waals surface area contributed by atoms with Crippen molar-refractivity contribution in [3.63, 3.8) is 0 Å². The van der Waals surface area contributed by atoms with Gasteiger partial charge >= 0.3 is 0 Å². The van der Waals surface area contributed by atoms with Crippen molar-refractivity contribution in [1.29, 1.82) is 0 Å². The molecule has 0 aliphatic rings. The van der Waals surface area contributed by atoms with E-state index in [-0.39, 0.29) is 0 Å². The lowest BCUT2D eigenvalue weighted by molar-refractivity contribution is 0.712. The first kappa shape index (κ1) is 10.0. The van der Waals surface area contributed by atoms with Crippen molar-refractivity contribution < 1.29 is 0 Å². The topological polar surface area (TPSA) is 0 Å². The Balaban J connectivity index is 2.65. The van der Waals surface area contributed by atoms with Crippen LogP contribution in [0.15, 0.2) is 0 Å². The lowest BCUT2D eigenvalue weighted by Gasteiger charge is -1.97. The van der Waals surface area contributed by atoms with Crippen molar-refractivity contribution in [1.82, 2.24) is 0 Å². The maximum absolute atomic E-state index is 2.42. The maximum Gasteiger partial charge on any atom is -0.0386 e. The largest absolute Gasteiger partial charge is 0.0654 e. The van der Waals surface area contributed by atoms with Crippen molar-refractivity contribution in [2.45, 2.75) is 52.4 Å². The molecule has 0 aliphatic carbocycles. The van der Waals surface area contributed by atoms with E-state index in [1.807, 2.05) is 0 Å². The summed E-state index contributed by atoms with van der Waals surface area (Å²) in [7, 11) is 0. The van der Waals surface area contributed by atoms with Gasteiger partial charge in [0.1, 0.15) is 0 Å². The van der Waals surface area contributed by atoms with Gasteiger partial charge in [-0.15, -0.1) is 0 Å². The van der Waals surface area contributed by atoms with Crippen LogP contribution in [0, 0.1) is 12.8 Å². The third kappa shape index (κ3) is 8.00. The molecule has 0 aromatic rings. The van der Waals surface area contributed by atoms with E-state index in [2.05, 4.69) is 26.7 Å².